The van der Waals surface area contributed by atoms with Crippen molar-refractivity contribution in [1.29, 1.82) is 5.41 Å². The van der Waals surface area contributed by atoms with Crippen molar-refractivity contribution in [3.8, 4) is 5.75 Å². The number of H-pyrrole nitrogens is 1. The fourth-order valence-corrected chi connectivity index (χ4v) is 3.91. The molecule has 1 aliphatic rings. The molecule has 0 spiro atoms. The van der Waals surface area contributed by atoms with Crippen LogP contribution in [0.1, 0.15) is 28.8 Å². The molecule has 1 fully saturated rings. The van der Waals surface area contributed by atoms with Crippen molar-refractivity contribution in [2.24, 2.45) is 5.73 Å². The van der Waals surface area contributed by atoms with Crippen molar-refractivity contribution >= 4 is 22.7 Å². The molecule has 1 saturated heterocycles. The van der Waals surface area contributed by atoms with Crippen LogP contribution in [0.3, 0.4) is 0 Å². The van der Waals surface area contributed by atoms with E-state index < -0.39 is 0 Å². The van der Waals surface area contributed by atoms with Gasteiger partial charge < -0.3 is 26.2 Å². The maximum Gasteiger partial charge on any atom is 0.258 e. The highest BCUT2D eigenvalue weighted by Gasteiger charge is 2.31. The molecule has 0 amide bonds. The van der Waals surface area contributed by atoms with Gasteiger partial charge in [0.2, 0.25) is 0 Å². The van der Waals surface area contributed by atoms with Gasteiger partial charge in [0.1, 0.15) is 11.6 Å². The maximum absolute atomic E-state index is 12.8. The van der Waals surface area contributed by atoms with Crippen molar-refractivity contribution in [2.75, 3.05) is 20.2 Å². The van der Waals surface area contributed by atoms with Crippen molar-refractivity contribution in [3.05, 3.63) is 76.0 Å². The minimum absolute atomic E-state index is 0.0706. The van der Waals surface area contributed by atoms with Gasteiger partial charge in [-0.2, -0.15) is 0 Å². The van der Waals surface area contributed by atoms with Crippen LogP contribution in [0.2, 0.25) is 0 Å². The molecule has 0 bridgehead atoms. The molecule has 4 rings (SSSR count). The van der Waals surface area contributed by atoms with Gasteiger partial charge in [0.05, 0.1) is 18.0 Å². The Morgan fingerprint density at radius 3 is 2.66 bits per heavy atom. The van der Waals surface area contributed by atoms with Crippen LogP contribution in [-0.4, -0.2) is 36.4 Å². The number of aromatic amines is 1. The fraction of sp³-hybridized carbons (Fsp3) is 0.227. The molecule has 7 heteroatoms. The van der Waals surface area contributed by atoms with Crippen molar-refractivity contribution in [3.63, 3.8) is 0 Å². The van der Waals surface area contributed by atoms with Gasteiger partial charge in [-0.1, -0.05) is 18.2 Å². The van der Waals surface area contributed by atoms with Gasteiger partial charge in [0.15, 0.2) is 0 Å². The van der Waals surface area contributed by atoms with Crippen LogP contribution in [0.5, 0.6) is 5.75 Å². The predicted molar refractivity (Wildman–Crippen MR) is 115 cm³/mol. The first-order chi connectivity index (χ1) is 14.1. The zero-order chi connectivity index (χ0) is 20.4. The van der Waals surface area contributed by atoms with E-state index in [1.807, 2.05) is 18.2 Å². The van der Waals surface area contributed by atoms with Gasteiger partial charge in [0.25, 0.3) is 5.56 Å². The third kappa shape index (κ3) is 3.52. The first-order valence-corrected chi connectivity index (χ1v) is 9.46. The van der Waals surface area contributed by atoms with E-state index in [1.165, 1.54) is 18.0 Å². The molecule has 3 aromatic rings. The van der Waals surface area contributed by atoms with Gasteiger partial charge in [0, 0.05) is 42.9 Å². The molecule has 0 radical (unpaired) electrons. The summed E-state index contributed by atoms with van der Waals surface area (Å²) in [5, 5.41) is 11.3. The second-order valence-electron chi connectivity index (χ2n) is 7.09. The van der Waals surface area contributed by atoms with Crippen molar-refractivity contribution < 1.29 is 4.74 Å². The highest BCUT2D eigenvalue weighted by Crippen LogP contribution is 2.35. The number of benzene rings is 2. The smallest absolute Gasteiger partial charge is 0.258 e. The number of hydrogen-bond acceptors (Lipinski definition) is 6. The van der Waals surface area contributed by atoms with Gasteiger partial charge in [-0.3, -0.25) is 4.79 Å². The van der Waals surface area contributed by atoms with E-state index in [4.69, 9.17) is 20.9 Å². The number of ether oxygens (including phenoxy) is 1. The lowest BCUT2D eigenvalue weighted by atomic mass is 9.88. The molecule has 1 aliphatic heterocycles. The standard InChI is InChI=1S/C22H23N5O2/c1-29-16-5-2-13(3-6-16)18-11-25-12-19(18)21-26-20-7-4-14(15(9-23)10-24)8-17(20)22(28)27-21/h2-10,18-19,23,25H,11-12,24H2,1H3,(H,26,27,28)/b15-10+,23-9?/t18?,19-/m0/s1. The molecular formula is C22H23N5O2. The number of nitrogens with zero attached hydrogens (tertiary/aromatic N) is 1. The number of hydrogen-bond donors (Lipinski definition) is 4. The Labute approximate surface area is 168 Å². The molecule has 2 heterocycles. The summed E-state index contributed by atoms with van der Waals surface area (Å²) < 4.78 is 5.25. The van der Waals surface area contributed by atoms with E-state index in [9.17, 15) is 4.79 Å². The van der Waals surface area contributed by atoms with Gasteiger partial charge in [-0.05, 0) is 35.4 Å². The Kier molecular flexibility index (Phi) is 5.14. The summed E-state index contributed by atoms with van der Waals surface area (Å²) in [5.41, 5.74) is 8.46. The third-order valence-electron chi connectivity index (χ3n) is 5.50. The van der Waals surface area contributed by atoms with Crippen LogP contribution >= 0.6 is 0 Å². The summed E-state index contributed by atoms with van der Waals surface area (Å²) in [6, 6.07) is 13.4. The second-order valence-corrected chi connectivity index (χ2v) is 7.09. The largest absolute Gasteiger partial charge is 0.497 e. The molecule has 7 nitrogen and oxygen atoms in total. The van der Waals surface area contributed by atoms with Crippen molar-refractivity contribution in [1.82, 2.24) is 15.3 Å². The van der Waals surface area contributed by atoms with Crippen LogP contribution in [-0.2, 0) is 0 Å². The quantitative estimate of drug-likeness (QED) is 0.500. The molecule has 148 valence electrons. The van der Waals surface area contributed by atoms with Gasteiger partial charge in [-0.15, -0.1) is 0 Å². The molecule has 2 aromatic carbocycles. The second kappa shape index (κ2) is 7.89. The summed E-state index contributed by atoms with van der Waals surface area (Å²) in [5.74, 6) is 1.79. The average Bonchev–Trinajstić information content (AvgIpc) is 3.25. The molecule has 0 saturated carbocycles. The summed E-state index contributed by atoms with van der Waals surface area (Å²) in [4.78, 5) is 20.5. The number of methoxy groups -OCH3 is 1. The summed E-state index contributed by atoms with van der Waals surface area (Å²) in [6.07, 6.45) is 2.52. The number of aromatic nitrogens is 2. The monoisotopic (exact) mass is 389 g/mol. The lowest BCUT2D eigenvalue weighted by Crippen LogP contribution is -2.19. The molecule has 0 aliphatic carbocycles. The highest BCUT2D eigenvalue weighted by atomic mass is 16.5. The molecule has 5 N–H and O–H groups in total. The molecule has 29 heavy (non-hydrogen) atoms. The van der Waals surface area contributed by atoms with E-state index in [2.05, 4.69) is 22.4 Å². The number of allylic oxidation sites excluding steroid dienone is 1. The Bertz CT molecular complexity index is 1130. The number of nitrogens with one attached hydrogen (secondary N) is 3. The van der Waals surface area contributed by atoms with E-state index in [0.29, 0.717) is 27.9 Å². The molecule has 2 atom stereocenters. The van der Waals surface area contributed by atoms with Crippen LogP contribution in [0, 0.1) is 5.41 Å². The molecule has 1 unspecified atom stereocenters. The first kappa shape index (κ1) is 18.9. The number of rotatable bonds is 5. The summed E-state index contributed by atoms with van der Waals surface area (Å²) >= 11 is 0. The average molecular weight is 389 g/mol. The SMILES string of the molecule is COc1ccc(C2CNC[C@@H]2c2nc3ccc(/C(C=N)=C/N)cc3c(=O)[nH]2)cc1. The maximum atomic E-state index is 12.8. The summed E-state index contributed by atoms with van der Waals surface area (Å²) in [6.45, 7) is 1.57. The Balaban J connectivity index is 1.72. The summed E-state index contributed by atoms with van der Waals surface area (Å²) in [7, 11) is 1.65. The fourth-order valence-electron chi connectivity index (χ4n) is 3.91. The van der Waals surface area contributed by atoms with Crippen LogP contribution in [0.4, 0.5) is 0 Å². The normalized spacial score (nSPS) is 19.4. The van der Waals surface area contributed by atoms with Crippen LogP contribution < -0.4 is 21.3 Å². The zero-order valence-corrected chi connectivity index (χ0v) is 16.1. The Morgan fingerprint density at radius 1 is 1.21 bits per heavy atom. The zero-order valence-electron chi connectivity index (χ0n) is 16.1. The first-order valence-electron chi connectivity index (χ1n) is 9.46. The Morgan fingerprint density at radius 2 is 1.97 bits per heavy atom. The predicted octanol–water partition coefficient (Wildman–Crippen LogP) is 2.35. The Hall–Kier alpha value is -3.45. The van der Waals surface area contributed by atoms with Gasteiger partial charge >= 0.3 is 0 Å². The minimum atomic E-state index is -0.186. The van der Waals surface area contributed by atoms with E-state index in [1.54, 1.807) is 19.2 Å². The highest BCUT2D eigenvalue weighted by molar-refractivity contribution is 6.09. The van der Waals surface area contributed by atoms with Crippen LogP contribution in [0.15, 0.2) is 53.5 Å². The minimum Gasteiger partial charge on any atom is -0.497 e. The number of nitrogens with two attached hydrogens (primary N) is 1. The van der Waals surface area contributed by atoms with E-state index >= 15 is 0 Å². The molecule has 1 aromatic heterocycles. The lowest BCUT2D eigenvalue weighted by Gasteiger charge is -2.19. The van der Waals surface area contributed by atoms with Crippen molar-refractivity contribution in [2.45, 2.75) is 11.8 Å². The van der Waals surface area contributed by atoms with E-state index in [0.717, 1.165) is 18.8 Å². The van der Waals surface area contributed by atoms with E-state index in [-0.39, 0.29) is 17.4 Å². The topological polar surface area (TPSA) is 117 Å². The lowest BCUT2D eigenvalue weighted by molar-refractivity contribution is 0.414. The van der Waals surface area contributed by atoms with Gasteiger partial charge in [-0.25, -0.2) is 4.98 Å². The molecular weight excluding hydrogens is 366 g/mol. The third-order valence-corrected chi connectivity index (χ3v) is 5.50. The van der Waals surface area contributed by atoms with Crippen LogP contribution in [0.25, 0.3) is 16.5 Å². The number of fused-ring (bicyclic) bond motifs is 1.